The lowest BCUT2D eigenvalue weighted by Crippen LogP contribution is -2.20. The van der Waals surface area contributed by atoms with E-state index in [0.717, 1.165) is 12.1 Å². The zero-order valence-electron chi connectivity index (χ0n) is 10.1. The molecule has 2 aromatic rings. The summed E-state index contributed by atoms with van der Waals surface area (Å²) in [4.78, 5) is 0. The maximum atomic E-state index is 13.9. The highest BCUT2D eigenvalue weighted by molar-refractivity contribution is 9.10. The Morgan fingerprint density at radius 1 is 1.05 bits per heavy atom. The molecule has 1 nitrogen and oxygen atoms in total. The van der Waals surface area contributed by atoms with Crippen LogP contribution >= 0.6 is 15.9 Å². The molecule has 1 atom stereocenters. The summed E-state index contributed by atoms with van der Waals surface area (Å²) in [6, 6.07) is 7.07. The lowest BCUT2D eigenvalue weighted by Gasteiger charge is -2.20. The Morgan fingerprint density at radius 3 is 2.37 bits per heavy atom. The molecule has 0 aliphatic rings. The Balaban J connectivity index is 2.56. The molecule has 5 heteroatoms. The van der Waals surface area contributed by atoms with Gasteiger partial charge in [-0.1, -0.05) is 28.1 Å². The fraction of sp³-hybridized carbons (Fsp3) is 0.143. The predicted octanol–water partition coefficient (Wildman–Crippen LogP) is 4.18. The van der Waals surface area contributed by atoms with Crippen molar-refractivity contribution in [2.24, 2.45) is 0 Å². The molecule has 2 rings (SSSR count). The zero-order valence-corrected chi connectivity index (χ0v) is 11.6. The van der Waals surface area contributed by atoms with Crippen molar-refractivity contribution in [2.45, 2.75) is 6.04 Å². The van der Waals surface area contributed by atoms with Crippen molar-refractivity contribution < 1.29 is 13.2 Å². The largest absolute Gasteiger partial charge is 0.309 e. The van der Waals surface area contributed by atoms with Crippen LogP contribution in [0.25, 0.3) is 0 Å². The van der Waals surface area contributed by atoms with Gasteiger partial charge < -0.3 is 5.32 Å². The van der Waals surface area contributed by atoms with Crippen molar-refractivity contribution >= 4 is 15.9 Å². The summed E-state index contributed by atoms with van der Waals surface area (Å²) >= 11 is 3.25. The van der Waals surface area contributed by atoms with Gasteiger partial charge in [0.2, 0.25) is 0 Å². The lowest BCUT2D eigenvalue weighted by molar-refractivity contribution is 0.534. The molecule has 2 aromatic carbocycles. The molecule has 0 aromatic heterocycles. The summed E-state index contributed by atoms with van der Waals surface area (Å²) in [6.07, 6.45) is 0. The van der Waals surface area contributed by atoms with Gasteiger partial charge >= 0.3 is 0 Å². The SMILES string of the molecule is CNC(c1ccc(F)cc1F)c1c(F)cccc1Br. The van der Waals surface area contributed by atoms with Crippen molar-refractivity contribution in [1.82, 2.24) is 5.32 Å². The Kier molecular flexibility index (Phi) is 4.27. The summed E-state index contributed by atoms with van der Waals surface area (Å²) in [5.74, 6) is -1.84. The Morgan fingerprint density at radius 2 is 1.79 bits per heavy atom. The molecule has 0 aliphatic heterocycles. The molecule has 0 saturated heterocycles. The third-order valence-corrected chi connectivity index (χ3v) is 3.54. The van der Waals surface area contributed by atoms with Crippen LogP contribution in [0.3, 0.4) is 0 Å². The van der Waals surface area contributed by atoms with Crippen molar-refractivity contribution in [3.8, 4) is 0 Å². The Bertz CT molecular complexity index is 581. The highest BCUT2D eigenvalue weighted by Crippen LogP contribution is 2.32. The second-order valence-electron chi connectivity index (χ2n) is 4.02. The summed E-state index contributed by atoms with van der Waals surface area (Å²) in [7, 11) is 1.59. The highest BCUT2D eigenvalue weighted by atomic mass is 79.9. The molecule has 0 aliphatic carbocycles. The van der Waals surface area contributed by atoms with Crippen LogP contribution in [0.4, 0.5) is 13.2 Å². The van der Waals surface area contributed by atoms with Crippen LogP contribution in [-0.2, 0) is 0 Å². The van der Waals surface area contributed by atoms with Crippen molar-refractivity contribution in [3.63, 3.8) is 0 Å². The summed E-state index contributed by atoms with van der Waals surface area (Å²) in [6.45, 7) is 0. The molecule has 1 unspecified atom stereocenters. The first-order valence-corrected chi connectivity index (χ1v) is 6.40. The van der Waals surface area contributed by atoms with Crippen LogP contribution in [0.1, 0.15) is 17.2 Å². The second-order valence-corrected chi connectivity index (χ2v) is 4.88. The topological polar surface area (TPSA) is 12.0 Å². The van der Waals surface area contributed by atoms with Crippen LogP contribution in [0.15, 0.2) is 40.9 Å². The zero-order chi connectivity index (χ0) is 14.0. The molecular weight excluding hydrogens is 319 g/mol. The fourth-order valence-corrected chi connectivity index (χ4v) is 2.55. The monoisotopic (exact) mass is 329 g/mol. The van der Waals surface area contributed by atoms with E-state index in [9.17, 15) is 13.2 Å². The van der Waals surface area contributed by atoms with Gasteiger partial charge in [-0.15, -0.1) is 0 Å². The van der Waals surface area contributed by atoms with E-state index in [2.05, 4.69) is 21.2 Å². The quantitative estimate of drug-likeness (QED) is 0.890. The number of hydrogen-bond donors (Lipinski definition) is 1. The molecule has 0 bridgehead atoms. The molecule has 100 valence electrons. The minimum atomic E-state index is -0.713. The van der Waals surface area contributed by atoms with Gasteiger partial charge in [0.1, 0.15) is 17.5 Å². The molecule has 0 saturated carbocycles. The lowest BCUT2D eigenvalue weighted by atomic mass is 9.98. The number of hydrogen-bond acceptors (Lipinski definition) is 1. The van der Waals surface area contributed by atoms with Gasteiger partial charge in [-0.25, -0.2) is 13.2 Å². The van der Waals surface area contributed by atoms with Crippen LogP contribution in [-0.4, -0.2) is 7.05 Å². The van der Waals surface area contributed by atoms with E-state index >= 15 is 0 Å². The maximum Gasteiger partial charge on any atom is 0.131 e. The number of benzene rings is 2. The number of halogens is 4. The minimum absolute atomic E-state index is 0.190. The van der Waals surface area contributed by atoms with Crippen molar-refractivity contribution in [1.29, 1.82) is 0 Å². The van der Waals surface area contributed by atoms with Gasteiger partial charge in [0.05, 0.1) is 6.04 Å². The molecule has 0 spiro atoms. The fourth-order valence-electron chi connectivity index (χ4n) is 1.98. The molecule has 19 heavy (non-hydrogen) atoms. The van der Waals surface area contributed by atoms with E-state index in [1.54, 1.807) is 19.2 Å². The summed E-state index contributed by atoms with van der Waals surface area (Å²) in [5, 5.41) is 2.84. The number of rotatable bonds is 3. The first-order chi connectivity index (χ1) is 9.04. The Labute approximate surface area is 117 Å². The van der Waals surface area contributed by atoms with Gasteiger partial charge in [0, 0.05) is 21.7 Å². The van der Waals surface area contributed by atoms with E-state index in [1.807, 2.05) is 0 Å². The highest BCUT2D eigenvalue weighted by Gasteiger charge is 2.22. The average Bonchev–Trinajstić information content (AvgIpc) is 2.35. The molecule has 1 N–H and O–H groups in total. The minimum Gasteiger partial charge on any atom is -0.309 e. The third kappa shape index (κ3) is 2.82. The van der Waals surface area contributed by atoms with E-state index in [-0.39, 0.29) is 11.1 Å². The van der Waals surface area contributed by atoms with Gasteiger partial charge in [-0.3, -0.25) is 0 Å². The molecular formula is C14H11BrF3N. The third-order valence-electron chi connectivity index (χ3n) is 2.85. The molecule has 0 heterocycles. The molecule has 0 amide bonds. The van der Waals surface area contributed by atoms with Crippen LogP contribution in [0.2, 0.25) is 0 Å². The predicted molar refractivity (Wildman–Crippen MR) is 71.4 cm³/mol. The first-order valence-electron chi connectivity index (χ1n) is 5.60. The summed E-state index contributed by atoms with van der Waals surface area (Å²) < 4.78 is 41.2. The van der Waals surface area contributed by atoms with E-state index in [4.69, 9.17) is 0 Å². The molecule has 0 fully saturated rings. The van der Waals surface area contributed by atoms with Gasteiger partial charge in [-0.05, 0) is 25.2 Å². The van der Waals surface area contributed by atoms with E-state index < -0.39 is 23.5 Å². The normalized spacial score (nSPS) is 12.5. The van der Waals surface area contributed by atoms with Gasteiger partial charge in [0.25, 0.3) is 0 Å². The van der Waals surface area contributed by atoms with E-state index in [0.29, 0.717) is 4.47 Å². The smallest absolute Gasteiger partial charge is 0.131 e. The number of nitrogens with one attached hydrogen (secondary N) is 1. The van der Waals surface area contributed by atoms with Gasteiger partial charge in [-0.2, -0.15) is 0 Å². The first kappa shape index (κ1) is 14.1. The van der Waals surface area contributed by atoms with Crippen LogP contribution in [0, 0.1) is 17.5 Å². The van der Waals surface area contributed by atoms with Crippen molar-refractivity contribution in [3.05, 3.63) is 69.4 Å². The van der Waals surface area contributed by atoms with E-state index in [1.165, 1.54) is 12.1 Å². The van der Waals surface area contributed by atoms with Crippen molar-refractivity contribution in [2.75, 3.05) is 7.05 Å². The standard InChI is InChI=1S/C14H11BrF3N/c1-19-14(9-6-5-8(16)7-12(9)18)13-10(15)3-2-4-11(13)17/h2-7,14,19H,1H3. The second kappa shape index (κ2) is 5.75. The Hall–Kier alpha value is -1.33. The maximum absolute atomic E-state index is 13.9. The van der Waals surface area contributed by atoms with Gasteiger partial charge in [0.15, 0.2) is 0 Å². The summed E-state index contributed by atoms with van der Waals surface area (Å²) in [5.41, 5.74) is 0.477. The van der Waals surface area contributed by atoms with Crippen LogP contribution < -0.4 is 5.32 Å². The molecule has 0 radical (unpaired) electrons. The van der Waals surface area contributed by atoms with Crippen LogP contribution in [0.5, 0.6) is 0 Å². The average molecular weight is 330 g/mol.